The van der Waals surface area contributed by atoms with Crippen LogP contribution in [-0.2, 0) is 19.6 Å². The first kappa shape index (κ1) is 18.5. The minimum absolute atomic E-state index is 0.148. The smallest absolute Gasteiger partial charge is 0.350 e. The van der Waals surface area contributed by atoms with E-state index in [0.29, 0.717) is 5.69 Å². The summed E-state index contributed by atoms with van der Waals surface area (Å²) >= 11 is 1.10. The van der Waals surface area contributed by atoms with Gasteiger partial charge in [0.05, 0.1) is 18.0 Å². The Labute approximate surface area is 149 Å². The third kappa shape index (κ3) is 4.82. The van der Waals surface area contributed by atoms with Gasteiger partial charge < -0.3 is 10.1 Å². The first-order valence-electron chi connectivity index (χ1n) is 7.17. The van der Waals surface area contributed by atoms with E-state index in [-0.39, 0.29) is 22.1 Å². The average molecular weight is 377 g/mol. The maximum absolute atomic E-state index is 12.3. The summed E-state index contributed by atoms with van der Waals surface area (Å²) in [4.78, 5) is 11.6. The molecular formula is C16H15N3O4S2. The second-order valence-corrected chi connectivity index (χ2v) is 7.47. The number of rotatable bonds is 7. The van der Waals surface area contributed by atoms with Crippen molar-refractivity contribution in [1.82, 2.24) is 0 Å². The van der Waals surface area contributed by atoms with Crippen molar-refractivity contribution in [3.63, 3.8) is 0 Å². The maximum atomic E-state index is 12.3. The fraction of sp³-hybridized carbons (Fsp3) is 0.125. The van der Waals surface area contributed by atoms with Crippen LogP contribution >= 0.6 is 11.3 Å². The molecule has 25 heavy (non-hydrogen) atoms. The molecule has 9 heteroatoms. The van der Waals surface area contributed by atoms with E-state index in [0.717, 1.165) is 11.3 Å². The number of esters is 1. The Kier molecular flexibility index (Phi) is 6.16. The molecule has 2 N–H and O–H groups in total. The molecule has 1 aromatic heterocycles. The molecular weight excluding hydrogens is 362 g/mol. The molecule has 7 nitrogen and oxygen atoms in total. The molecule has 0 saturated heterocycles. The number of nitrogens with one attached hydrogen (secondary N) is 2. The van der Waals surface area contributed by atoms with Crippen LogP contribution in [0.15, 0.2) is 57.8 Å². The number of nitriles is 1. The molecule has 0 saturated carbocycles. The quantitative estimate of drug-likeness (QED) is 0.436. The molecule has 0 bridgehead atoms. The van der Waals surface area contributed by atoms with Gasteiger partial charge in [0.25, 0.3) is 10.0 Å². The number of hydrogen-bond donors (Lipinski definition) is 2. The Bertz CT molecular complexity index is 913. The van der Waals surface area contributed by atoms with Crippen molar-refractivity contribution in [3.05, 3.63) is 53.6 Å². The molecule has 0 aliphatic rings. The molecule has 0 aliphatic heterocycles. The number of benzene rings is 1. The van der Waals surface area contributed by atoms with Gasteiger partial charge in [-0.1, -0.05) is 18.2 Å². The fourth-order valence-electron chi connectivity index (χ4n) is 1.81. The van der Waals surface area contributed by atoms with Crippen molar-refractivity contribution in [1.29, 1.82) is 5.26 Å². The summed E-state index contributed by atoms with van der Waals surface area (Å²) in [6.45, 7) is 1.78. The van der Waals surface area contributed by atoms with Crippen molar-refractivity contribution in [2.75, 3.05) is 16.6 Å². The number of carbonyl (C=O) groups excluding carboxylic acids is 1. The van der Waals surface area contributed by atoms with E-state index in [9.17, 15) is 13.2 Å². The number of anilines is 2. The molecule has 2 aromatic rings. The normalized spacial score (nSPS) is 11.4. The van der Waals surface area contributed by atoms with Crippen LogP contribution in [0.3, 0.4) is 0 Å². The van der Waals surface area contributed by atoms with E-state index >= 15 is 0 Å². The predicted octanol–water partition coefficient (Wildman–Crippen LogP) is 2.93. The Hall–Kier alpha value is -2.83. The zero-order valence-corrected chi connectivity index (χ0v) is 14.9. The average Bonchev–Trinajstić information content (AvgIpc) is 3.12. The summed E-state index contributed by atoms with van der Waals surface area (Å²) in [6, 6.07) is 11.4. The Morgan fingerprint density at radius 2 is 2.00 bits per heavy atom. The van der Waals surface area contributed by atoms with Crippen LogP contribution in [0.4, 0.5) is 11.4 Å². The molecule has 0 fully saturated rings. The molecule has 0 aliphatic carbocycles. The minimum atomic E-state index is -3.71. The third-order valence-corrected chi connectivity index (χ3v) is 5.68. The van der Waals surface area contributed by atoms with E-state index in [1.165, 1.54) is 12.3 Å². The highest BCUT2D eigenvalue weighted by Gasteiger charge is 2.17. The third-order valence-electron chi connectivity index (χ3n) is 2.92. The number of ether oxygens (including phenoxy) is 1. The highest BCUT2D eigenvalue weighted by Crippen LogP contribution is 2.26. The second kappa shape index (κ2) is 8.32. The monoisotopic (exact) mass is 377 g/mol. The highest BCUT2D eigenvalue weighted by atomic mass is 32.2. The van der Waals surface area contributed by atoms with Gasteiger partial charge in [-0.25, -0.2) is 13.2 Å². The second-order valence-electron chi connectivity index (χ2n) is 4.62. The van der Waals surface area contributed by atoms with Crippen molar-refractivity contribution >= 4 is 38.7 Å². The first-order chi connectivity index (χ1) is 12.0. The summed E-state index contributed by atoms with van der Waals surface area (Å²) in [7, 11) is -3.71. The molecule has 130 valence electrons. The lowest BCUT2D eigenvalue weighted by Crippen LogP contribution is -2.13. The van der Waals surface area contributed by atoms with Gasteiger partial charge >= 0.3 is 5.97 Å². The van der Waals surface area contributed by atoms with Gasteiger partial charge in [0.15, 0.2) is 5.57 Å². The Morgan fingerprint density at radius 1 is 1.28 bits per heavy atom. The van der Waals surface area contributed by atoms with Crippen LogP contribution in [0.1, 0.15) is 6.92 Å². The number of hydrogen-bond acceptors (Lipinski definition) is 7. The fourth-order valence-corrected chi connectivity index (χ4v) is 3.88. The van der Waals surface area contributed by atoms with Gasteiger partial charge in [-0.2, -0.15) is 5.26 Å². The number of thiophene rings is 1. The van der Waals surface area contributed by atoms with Gasteiger partial charge in [0.2, 0.25) is 0 Å². The lowest BCUT2D eigenvalue weighted by atomic mass is 10.2. The Morgan fingerprint density at radius 3 is 2.60 bits per heavy atom. The molecule has 0 unspecified atom stereocenters. The summed E-state index contributed by atoms with van der Waals surface area (Å²) < 4.78 is 32.1. The SMILES string of the molecule is CCOC(=O)C(C#N)=CNc1ccccc1NS(=O)(=O)c1cccs1. The maximum Gasteiger partial charge on any atom is 0.350 e. The van der Waals surface area contributed by atoms with Gasteiger partial charge in [0.1, 0.15) is 10.3 Å². The van der Waals surface area contributed by atoms with E-state index in [4.69, 9.17) is 10.00 Å². The molecule has 0 atom stereocenters. The first-order valence-corrected chi connectivity index (χ1v) is 9.53. The van der Waals surface area contributed by atoms with E-state index in [1.54, 1.807) is 48.7 Å². The van der Waals surface area contributed by atoms with Crippen molar-refractivity contribution in [3.8, 4) is 6.07 Å². The van der Waals surface area contributed by atoms with Gasteiger partial charge in [-0.3, -0.25) is 4.72 Å². The predicted molar refractivity (Wildman–Crippen MR) is 95.5 cm³/mol. The van der Waals surface area contributed by atoms with Crippen LogP contribution in [0.5, 0.6) is 0 Å². The zero-order chi connectivity index (χ0) is 18.3. The van der Waals surface area contributed by atoms with Gasteiger partial charge in [-0.05, 0) is 30.5 Å². The lowest BCUT2D eigenvalue weighted by molar-refractivity contribution is -0.138. The van der Waals surface area contributed by atoms with Gasteiger partial charge in [0, 0.05) is 6.20 Å². The number of nitrogens with zero attached hydrogens (tertiary/aromatic N) is 1. The number of para-hydroxylation sites is 2. The van der Waals surface area contributed by atoms with Crippen LogP contribution in [-0.4, -0.2) is 21.0 Å². The molecule has 1 aromatic carbocycles. The minimum Gasteiger partial charge on any atom is -0.462 e. The largest absolute Gasteiger partial charge is 0.462 e. The molecule has 0 radical (unpaired) electrons. The highest BCUT2D eigenvalue weighted by molar-refractivity contribution is 7.94. The Balaban J connectivity index is 2.24. The number of carbonyl (C=O) groups is 1. The molecule has 1 heterocycles. The van der Waals surface area contributed by atoms with Crippen molar-refractivity contribution < 1.29 is 17.9 Å². The molecule has 0 amide bonds. The summed E-state index contributed by atoms with van der Waals surface area (Å²) in [6.07, 6.45) is 1.18. The van der Waals surface area contributed by atoms with Crippen LogP contribution in [0.2, 0.25) is 0 Å². The van der Waals surface area contributed by atoms with E-state index in [2.05, 4.69) is 10.0 Å². The molecule has 2 rings (SSSR count). The molecule has 0 spiro atoms. The van der Waals surface area contributed by atoms with Crippen molar-refractivity contribution in [2.24, 2.45) is 0 Å². The van der Waals surface area contributed by atoms with E-state index < -0.39 is 16.0 Å². The van der Waals surface area contributed by atoms with Crippen molar-refractivity contribution in [2.45, 2.75) is 11.1 Å². The summed E-state index contributed by atoms with van der Waals surface area (Å²) in [5.41, 5.74) is 0.450. The zero-order valence-electron chi connectivity index (χ0n) is 13.2. The van der Waals surface area contributed by atoms with Gasteiger partial charge in [-0.15, -0.1) is 11.3 Å². The topological polar surface area (TPSA) is 108 Å². The lowest BCUT2D eigenvalue weighted by Gasteiger charge is -2.11. The van der Waals surface area contributed by atoms with Crippen LogP contribution in [0, 0.1) is 11.3 Å². The van der Waals surface area contributed by atoms with Crippen LogP contribution < -0.4 is 10.0 Å². The summed E-state index contributed by atoms with van der Waals surface area (Å²) in [5.74, 6) is -0.755. The summed E-state index contributed by atoms with van der Waals surface area (Å²) in [5, 5.41) is 13.4. The van der Waals surface area contributed by atoms with Crippen LogP contribution in [0.25, 0.3) is 0 Å². The van der Waals surface area contributed by atoms with E-state index in [1.807, 2.05) is 0 Å². The standard InChI is InChI=1S/C16H15N3O4S2/c1-2-23-16(20)12(10-17)11-18-13-6-3-4-7-14(13)19-25(21,22)15-8-5-9-24-15/h3-9,11,18-19H,2H2,1H3. The number of sulfonamides is 1.